The largest absolute Gasteiger partial charge is 0.299 e. The summed E-state index contributed by atoms with van der Waals surface area (Å²) in [7, 11) is 1.11. The summed E-state index contributed by atoms with van der Waals surface area (Å²) >= 11 is 0. The van der Waals surface area contributed by atoms with Crippen LogP contribution in [0.3, 0.4) is 0 Å². The molecule has 0 fully saturated rings. The zero-order valence-electron chi connectivity index (χ0n) is 10.7. The van der Waals surface area contributed by atoms with Crippen LogP contribution in [0, 0.1) is 41.1 Å². The van der Waals surface area contributed by atoms with E-state index in [-0.39, 0.29) is 0 Å². The maximum Gasteiger partial charge on any atom is 0.200 e. The number of rotatable bonds is 1. The second kappa shape index (κ2) is 5.83. The van der Waals surface area contributed by atoms with E-state index in [4.69, 9.17) is 0 Å². The van der Waals surface area contributed by atoms with Gasteiger partial charge in [-0.15, -0.1) is 0 Å². The minimum Gasteiger partial charge on any atom is -0.299 e. The minimum absolute atomic E-state index is 0.535. The Hall–Kier alpha value is -2.55. The van der Waals surface area contributed by atoms with E-state index < -0.39 is 34.8 Å². The fourth-order valence-corrected chi connectivity index (χ4v) is 1.61. The first-order valence-corrected chi connectivity index (χ1v) is 5.75. The molecule has 0 bridgehead atoms. The Morgan fingerprint density at radius 1 is 0.762 bits per heavy atom. The zero-order chi connectivity index (χ0) is 15.6. The van der Waals surface area contributed by atoms with Crippen molar-refractivity contribution in [1.82, 2.24) is 0 Å². The molecule has 0 aliphatic carbocycles. The van der Waals surface area contributed by atoms with Crippen LogP contribution in [0.4, 0.5) is 27.6 Å². The lowest BCUT2D eigenvalue weighted by atomic mass is 10.2. The molecule has 1 nitrogen and oxygen atoms in total. The third-order valence-corrected chi connectivity index (χ3v) is 2.66. The number of hydrogen-bond donors (Lipinski definition) is 0. The predicted octanol–water partition coefficient (Wildman–Crippen LogP) is 3.83. The van der Waals surface area contributed by atoms with Crippen molar-refractivity contribution in [2.45, 2.75) is 0 Å². The molecule has 0 heterocycles. The predicted molar refractivity (Wildman–Crippen MR) is 68.0 cm³/mol. The fraction of sp³-hybridized carbons (Fsp3) is 0.0667. The van der Waals surface area contributed by atoms with Crippen LogP contribution in [0.5, 0.6) is 0 Å². The molecule has 108 valence electrons. The van der Waals surface area contributed by atoms with Crippen LogP contribution in [-0.4, -0.2) is 7.05 Å². The molecule has 0 aliphatic heterocycles. The summed E-state index contributed by atoms with van der Waals surface area (Å²) in [5, 5.41) is 0. The Balaban J connectivity index is 2.46. The number of benzene rings is 2. The fourth-order valence-electron chi connectivity index (χ4n) is 1.61. The number of halogens is 5. The van der Waals surface area contributed by atoms with E-state index in [1.54, 1.807) is 30.3 Å². The highest BCUT2D eigenvalue weighted by molar-refractivity contribution is 5.55. The second-order valence-electron chi connectivity index (χ2n) is 4.08. The highest BCUT2D eigenvalue weighted by Gasteiger charge is 2.27. The van der Waals surface area contributed by atoms with Gasteiger partial charge in [0.25, 0.3) is 0 Å². The van der Waals surface area contributed by atoms with Crippen molar-refractivity contribution < 1.29 is 22.0 Å². The van der Waals surface area contributed by atoms with Crippen LogP contribution in [-0.2, 0) is 0 Å². The molecule has 0 saturated carbocycles. The first-order valence-electron chi connectivity index (χ1n) is 5.75. The Kier molecular flexibility index (Phi) is 4.13. The Bertz CT molecular complexity index is 702. The van der Waals surface area contributed by atoms with E-state index in [1.165, 1.54) is 0 Å². The summed E-state index contributed by atoms with van der Waals surface area (Å²) in [5.41, 5.74) is -0.553. The molecule has 0 atom stereocenters. The SMILES string of the molecule is CN(C#Cc1ccccc1)c1c(F)c(F)c(F)c(F)c1F. The smallest absolute Gasteiger partial charge is 0.200 e. The van der Waals surface area contributed by atoms with Gasteiger partial charge in [0.2, 0.25) is 5.82 Å². The highest BCUT2D eigenvalue weighted by Crippen LogP contribution is 2.29. The van der Waals surface area contributed by atoms with E-state index in [0.29, 0.717) is 10.5 Å². The van der Waals surface area contributed by atoms with E-state index in [0.717, 1.165) is 7.05 Å². The maximum atomic E-state index is 13.5. The molecular weight excluding hydrogens is 289 g/mol. The first kappa shape index (κ1) is 14.9. The van der Waals surface area contributed by atoms with Crippen molar-refractivity contribution in [3.63, 3.8) is 0 Å². The monoisotopic (exact) mass is 297 g/mol. The third-order valence-electron chi connectivity index (χ3n) is 2.66. The maximum absolute atomic E-state index is 13.5. The van der Waals surface area contributed by atoms with Crippen molar-refractivity contribution >= 4 is 5.69 Å². The Labute approximate surface area is 117 Å². The first-order chi connectivity index (χ1) is 9.93. The Morgan fingerprint density at radius 3 is 1.76 bits per heavy atom. The lowest BCUT2D eigenvalue weighted by Crippen LogP contribution is -2.16. The molecule has 2 aromatic carbocycles. The average molecular weight is 297 g/mol. The van der Waals surface area contributed by atoms with E-state index in [9.17, 15) is 22.0 Å². The van der Waals surface area contributed by atoms with E-state index in [2.05, 4.69) is 12.0 Å². The molecule has 0 spiro atoms. The summed E-state index contributed by atoms with van der Waals surface area (Å²) in [4.78, 5) is 0.656. The van der Waals surface area contributed by atoms with Gasteiger partial charge in [0, 0.05) is 18.7 Å². The van der Waals surface area contributed by atoms with Gasteiger partial charge in [-0.3, -0.25) is 4.90 Å². The van der Waals surface area contributed by atoms with Crippen LogP contribution in [0.2, 0.25) is 0 Å². The van der Waals surface area contributed by atoms with Crippen molar-refractivity contribution in [2.24, 2.45) is 0 Å². The second-order valence-corrected chi connectivity index (χ2v) is 4.08. The average Bonchev–Trinajstić information content (AvgIpc) is 2.50. The molecule has 6 heteroatoms. The lowest BCUT2D eigenvalue weighted by Gasteiger charge is -2.14. The molecule has 2 aromatic rings. The highest BCUT2D eigenvalue weighted by atomic mass is 19.2. The number of nitrogens with zero attached hydrogens (tertiary/aromatic N) is 1. The van der Waals surface area contributed by atoms with Gasteiger partial charge in [-0.2, -0.15) is 0 Å². The van der Waals surface area contributed by atoms with Crippen molar-refractivity contribution in [1.29, 1.82) is 0 Å². The van der Waals surface area contributed by atoms with Gasteiger partial charge in [-0.1, -0.05) is 18.2 Å². The molecule has 0 amide bonds. The normalized spacial score (nSPS) is 10.0. The molecule has 0 N–H and O–H groups in total. The summed E-state index contributed by atoms with van der Waals surface area (Å²) in [6.07, 6.45) is 0. The molecule has 0 aromatic heterocycles. The molecule has 0 aliphatic rings. The van der Waals surface area contributed by atoms with Crippen LogP contribution >= 0.6 is 0 Å². The lowest BCUT2D eigenvalue weighted by molar-refractivity contribution is 0.380. The van der Waals surface area contributed by atoms with Crippen LogP contribution < -0.4 is 4.90 Å². The summed E-state index contributed by atoms with van der Waals surface area (Å²) < 4.78 is 66.2. The van der Waals surface area contributed by atoms with Crippen LogP contribution in [0.1, 0.15) is 5.56 Å². The zero-order valence-corrected chi connectivity index (χ0v) is 10.7. The molecule has 2 rings (SSSR count). The van der Waals surface area contributed by atoms with Crippen molar-refractivity contribution in [3.05, 3.63) is 65.0 Å². The topological polar surface area (TPSA) is 3.24 Å². The van der Waals surface area contributed by atoms with Crippen molar-refractivity contribution in [2.75, 3.05) is 11.9 Å². The minimum atomic E-state index is -2.20. The third kappa shape index (κ3) is 2.82. The molecule has 21 heavy (non-hydrogen) atoms. The van der Waals surface area contributed by atoms with Crippen LogP contribution in [0.25, 0.3) is 0 Å². The Morgan fingerprint density at radius 2 is 1.24 bits per heavy atom. The van der Waals surface area contributed by atoms with Gasteiger partial charge in [-0.25, -0.2) is 22.0 Å². The van der Waals surface area contributed by atoms with E-state index in [1.807, 2.05) is 0 Å². The van der Waals surface area contributed by atoms with Gasteiger partial charge in [0.05, 0.1) is 0 Å². The van der Waals surface area contributed by atoms with Gasteiger partial charge in [0.1, 0.15) is 5.69 Å². The van der Waals surface area contributed by atoms with Gasteiger partial charge >= 0.3 is 0 Å². The standard InChI is InChI=1S/C15H8F5N/c1-21(8-7-9-5-3-2-4-6-9)15-13(19)11(17)10(16)12(18)14(15)20/h2-6H,1H3. The van der Waals surface area contributed by atoms with Crippen LogP contribution in [0.15, 0.2) is 30.3 Å². The molecule has 0 saturated heterocycles. The number of hydrogen-bond acceptors (Lipinski definition) is 1. The molecular formula is C15H8F5N. The van der Waals surface area contributed by atoms with Gasteiger partial charge < -0.3 is 0 Å². The van der Waals surface area contributed by atoms with Crippen molar-refractivity contribution in [3.8, 4) is 12.0 Å². The summed E-state index contributed by atoms with van der Waals surface area (Å²) in [5.74, 6) is -7.49. The quantitative estimate of drug-likeness (QED) is 0.254. The molecule has 0 radical (unpaired) electrons. The van der Waals surface area contributed by atoms with Gasteiger partial charge in [-0.05, 0) is 18.1 Å². The summed E-state index contributed by atoms with van der Waals surface area (Å²) in [6.45, 7) is 0. The summed E-state index contributed by atoms with van der Waals surface area (Å²) in [6, 6.07) is 10.7. The van der Waals surface area contributed by atoms with Gasteiger partial charge in [0.15, 0.2) is 23.3 Å². The molecule has 0 unspecified atom stereocenters. The number of anilines is 1. The van der Waals surface area contributed by atoms with E-state index >= 15 is 0 Å².